The molecule has 1 fully saturated rings. The Morgan fingerprint density at radius 2 is 2.06 bits per heavy atom. The monoisotopic (exact) mass is 494 g/mol. The van der Waals surface area contributed by atoms with Gasteiger partial charge < -0.3 is 10.1 Å². The minimum Gasteiger partial charge on any atom is -0.497 e. The zero-order chi connectivity index (χ0) is 23.5. The van der Waals surface area contributed by atoms with Gasteiger partial charge in [0.25, 0.3) is 5.56 Å². The number of rotatable bonds is 8. The maximum atomic E-state index is 13.2. The molecule has 1 saturated heterocycles. The van der Waals surface area contributed by atoms with Gasteiger partial charge in [-0.2, -0.15) is 0 Å². The highest BCUT2D eigenvalue weighted by atomic mass is 32.1. The molecular formula is C25H26N4O3S2. The second-order valence-corrected chi connectivity index (χ2v) is 10.1. The molecule has 5 rings (SSSR count). The van der Waals surface area contributed by atoms with Crippen molar-refractivity contribution in [1.29, 1.82) is 0 Å². The summed E-state index contributed by atoms with van der Waals surface area (Å²) in [4.78, 5) is 34.7. The lowest BCUT2D eigenvalue weighted by atomic mass is 10.0. The van der Waals surface area contributed by atoms with E-state index in [0.717, 1.165) is 47.7 Å². The van der Waals surface area contributed by atoms with Crippen molar-refractivity contribution >= 4 is 38.8 Å². The molecule has 1 aromatic carbocycles. The van der Waals surface area contributed by atoms with Gasteiger partial charge >= 0.3 is 0 Å². The van der Waals surface area contributed by atoms with Crippen LogP contribution in [0.3, 0.4) is 0 Å². The number of carbonyl (C=O) groups is 1. The number of hydrogen-bond donors (Lipinski definition) is 1. The van der Waals surface area contributed by atoms with Crippen molar-refractivity contribution in [1.82, 2.24) is 19.8 Å². The number of thiophene rings is 2. The summed E-state index contributed by atoms with van der Waals surface area (Å²) in [5.74, 6) is 0.597. The van der Waals surface area contributed by atoms with Crippen molar-refractivity contribution in [2.75, 3.05) is 26.7 Å². The number of likely N-dealkylation sites (tertiary alicyclic amines) is 1. The van der Waals surface area contributed by atoms with Crippen LogP contribution in [0.2, 0.25) is 0 Å². The number of nitrogens with zero attached hydrogens (tertiary/aromatic N) is 3. The summed E-state index contributed by atoms with van der Waals surface area (Å²) >= 11 is 3.03. The molecule has 9 heteroatoms. The molecule has 4 heterocycles. The molecule has 1 N–H and O–H groups in total. The number of carbonyl (C=O) groups excluding carboxylic acids is 1. The highest BCUT2D eigenvalue weighted by Gasteiger charge is 2.24. The van der Waals surface area contributed by atoms with Gasteiger partial charge in [0.2, 0.25) is 5.91 Å². The average molecular weight is 495 g/mol. The predicted molar refractivity (Wildman–Crippen MR) is 137 cm³/mol. The Kier molecular flexibility index (Phi) is 6.75. The Morgan fingerprint density at radius 3 is 2.82 bits per heavy atom. The van der Waals surface area contributed by atoms with Crippen molar-refractivity contribution in [3.63, 3.8) is 0 Å². The first-order chi connectivity index (χ1) is 16.6. The van der Waals surface area contributed by atoms with Crippen LogP contribution < -0.4 is 15.6 Å². The molecule has 0 bridgehead atoms. The van der Waals surface area contributed by atoms with Gasteiger partial charge in [0.05, 0.1) is 24.9 Å². The van der Waals surface area contributed by atoms with Gasteiger partial charge in [-0.1, -0.05) is 18.2 Å². The van der Waals surface area contributed by atoms with Gasteiger partial charge in [-0.25, -0.2) is 4.98 Å². The number of aromatic nitrogens is 2. The summed E-state index contributed by atoms with van der Waals surface area (Å²) in [6.07, 6.45) is 3.78. The Labute approximate surface area is 205 Å². The normalized spacial score (nSPS) is 15.0. The van der Waals surface area contributed by atoms with E-state index < -0.39 is 0 Å². The zero-order valence-corrected chi connectivity index (χ0v) is 20.5. The first-order valence-corrected chi connectivity index (χ1v) is 13.0. The van der Waals surface area contributed by atoms with Crippen LogP contribution in [0, 0.1) is 0 Å². The Balaban J connectivity index is 1.33. The van der Waals surface area contributed by atoms with E-state index in [9.17, 15) is 9.59 Å². The van der Waals surface area contributed by atoms with E-state index in [0.29, 0.717) is 16.8 Å². The van der Waals surface area contributed by atoms with E-state index in [2.05, 4.69) is 21.3 Å². The van der Waals surface area contributed by atoms with Crippen molar-refractivity contribution in [2.45, 2.75) is 25.4 Å². The van der Waals surface area contributed by atoms with Crippen LogP contribution in [0.15, 0.2) is 58.3 Å². The smallest absolute Gasteiger partial charge is 0.263 e. The predicted octanol–water partition coefficient (Wildman–Crippen LogP) is 4.15. The first kappa shape index (κ1) is 22.8. The lowest BCUT2D eigenvalue weighted by Gasteiger charge is -2.28. The molecule has 176 valence electrons. The minimum absolute atomic E-state index is 0.0567. The summed E-state index contributed by atoms with van der Waals surface area (Å²) in [7, 11) is 1.66. The third-order valence-corrected chi connectivity index (χ3v) is 8.00. The Morgan fingerprint density at radius 1 is 1.21 bits per heavy atom. The summed E-state index contributed by atoms with van der Waals surface area (Å²) in [5.41, 5.74) is 1.81. The number of methoxy groups -OCH3 is 1. The summed E-state index contributed by atoms with van der Waals surface area (Å²) in [5, 5.41) is 7.58. The van der Waals surface area contributed by atoms with E-state index in [1.54, 1.807) is 18.4 Å². The molecule has 0 radical (unpaired) electrons. The lowest BCUT2D eigenvalue weighted by Crippen LogP contribution is -2.39. The lowest BCUT2D eigenvalue weighted by molar-refractivity contribution is -0.122. The summed E-state index contributed by atoms with van der Waals surface area (Å²) in [6, 6.07) is 12.0. The molecule has 0 spiro atoms. The number of amides is 1. The molecule has 34 heavy (non-hydrogen) atoms. The van der Waals surface area contributed by atoms with E-state index in [-0.39, 0.29) is 24.1 Å². The van der Waals surface area contributed by atoms with E-state index in [4.69, 9.17) is 4.74 Å². The number of nitrogens with one attached hydrogen (secondary N) is 1. The van der Waals surface area contributed by atoms with E-state index in [1.165, 1.54) is 22.2 Å². The van der Waals surface area contributed by atoms with Crippen molar-refractivity contribution in [2.24, 2.45) is 0 Å². The molecule has 0 saturated carbocycles. The second kappa shape index (κ2) is 10.1. The van der Waals surface area contributed by atoms with Crippen LogP contribution in [-0.4, -0.2) is 47.1 Å². The molecule has 1 amide bonds. The minimum atomic E-state index is -0.205. The fraction of sp³-hybridized carbons (Fsp3) is 0.320. The average Bonchev–Trinajstić information content (AvgIpc) is 3.63. The van der Waals surface area contributed by atoms with Crippen LogP contribution in [0.1, 0.15) is 24.4 Å². The molecular weight excluding hydrogens is 468 g/mol. The number of hydrogen-bond acceptors (Lipinski definition) is 7. The van der Waals surface area contributed by atoms with Gasteiger partial charge in [0.1, 0.15) is 17.1 Å². The number of benzene rings is 1. The highest BCUT2D eigenvalue weighted by Crippen LogP contribution is 2.33. The molecule has 1 aliphatic heterocycles. The zero-order valence-electron chi connectivity index (χ0n) is 18.9. The summed E-state index contributed by atoms with van der Waals surface area (Å²) in [6.45, 7) is 2.41. The van der Waals surface area contributed by atoms with Crippen LogP contribution in [-0.2, 0) is 11.3 Å². The molecule has 4 aromatic rings. The third kappa shape index (κ3) is 4.64. The Bertz CT molecular complexity index is 1340. The maximum absolute atomic E-state index is 13.2. The topological polar surface area (TPSA) is 76.5 Å². The van der Waals surface area contributed by atoms with E-state index in [1.807, 2.05) is 41.1 Å². The molecule has 3 aromatic heterocycles. The largest absolute Gasteiger partial charge is 0.497 e. The van der Waals surface area contributed by atoms with Crippen LogP contribution in [0.4, 0.5) is 0 Å². The molecule has 1 unspecified atom stereocenters. The first-order valence-electron chi connectivity index (χ1n) is 11.3. The van der Waals surface area contributed by atoms with Gasteiger partial charge in [-0.05, 0) is 55.1 Å². The van der Waals surface area contributed by atoms with Crippen molar-refractivity contribution in [3.05, 3.63) is 69.4 Å². The second-order valence-electron chi connectivity index (χ2n) is 8.32. The SMILES string of the molecule is COc1cccc(C(CNC(=O)Cn2cnc3scc(-c4cccs4)c3c2=O)N2CCCC2)c1. The number of ether oxygens (including phenoxy) is 1. The third-order valence-electron chi connectivity index (χ3n) is 6.21. The van der Waals surface area contributed by atoms with Crippen molar-refractivity contribution < 1.29 is 9.53 Å². The highest BCUT2D eigenvalue weighted by molar-refractivity contribution is 7.18. The van der Waals surface area contributed by atoms with E-state index >= 15 is 0 Å². The Hall–Kier alpha value is -3.01. The van der Waals surface area contributed by atoms with Crippen molar-refractivity contribution in [3.8, 4) is 16.2 Å². The van der Waals surface area contributed by atoms with Crippen LogP contribution >= 0.6 is 22.7 Å². The quantitative estimate of drug-likeness (QED) is 0.398. The fourth-order valence-electron chi connectivity index (χ4n) is 4.47. The van der Waals surface area contributed by atoms with Gasteiger partial charge in [-0.3, -0.25) is 19.1 Å². The fourth-order valence-corrected chi connectivity index (χ4v) is 6.20. The maximum Gasteiger partial charge on any atom is 0.263 e. The molecule has 7 nitrogen and oxygen atoms in total. The van der Waals surface area contributed by atoms with Crippen LogP contribution in [0.25, 0.3) is 20.7 Å². The van der Waals surface area contributed by atoms with Gasteiger partial charge in [0, 0.05) is 22.4 Å². The van der Waals surface area contributed by atoms with Crippen LogP contribution in [0.5, 0.6) is 5.75 Å². The summed E-state index contributed by atoms with van der Waals surface area (Å²) < 4.78 is 6.80. The number of fused-ring (bicyclic) bond motifs is 1. The van der Waals surface area contributed by atoms with Gasteiger partial charge in [0.15, 0.2) is 0 Å². The van der Waals surface area contributed by atoms with Gasteiger partial charge in [-0.15, -0.1) is 22.7 Å². The molecule has 0 aliphatic carbocycles. The molecule has 1 atom stereocenters. The standard InChI is InChI=1S/C25H26N4O3S2/c1-32-18-7-4-6-17(12-18)20(28-9-2-3-10-28)13-26-22(30)14-29-16-27-24-23(25(29)31)19(15-34-24)21-8-5-11-33-21/h4-8,11-12,15-16,20H,2-3,9-10,13-14H2,1H3,(H,26,30). The molecule has 1 aliphatic rings.